The molecule has 13 heavy (non-hydrogen) atoms. The third kappa shape index (κ3) is 1.75. The fourth-order valence-electron chi connectivity index (χ4n) is 2.83. The molecular formula is C11H21NO. The molecule has 1 heterocycles. The van der Waals surface area contributed by atoms with Gasteiger partial charge in [0.15, 0.2) is 0 Å². The summed E-state index contributed by atoms with van der Waals surface area (Å²) in [5.74, 6) is 0. The Morgan fingerprint density at radius 1 is 1.46 bits per heavy atom. The molecule has 2 unspecified atom stereocenters. The lowest BCUT2D eigenvalue weighted by Gasteiger charge is -2.29. The van der Waals surface area contributed by atoms with E-state index >= 15 is 0 Å². The highest BCUT2D eigenvalue weighted by molar-refractivity contribution is 5.01. The van der Waals surface area contributed by atoms with Crippen LogP contribution in [0, 0.1) is 5.41 Å². The number of ether oxygens (including phenoxy) is 1. The molecule has 0 aromatic heterocycles. The zero-order valence-electron chi connectivity index (χ0n) is 8.81. The zero-order chi connectivity index (χ0) is 9.31. The van der Waals surface area contributed by atoms with Crippen LogP contribution in [0.25, 0.3) is 0 Å². The Labute approximate surface area is 81.0 Å². The second kappa shape index (κ2) is 3.58. The third-order valence-corrected chi connectivity index (χ3v) is 3.62. The third-order valence-electron chi connectivity index (χ3n) is 3.62. The van der Waals surface area contributed by atoms with Gasteiger partial charge in [-0.1, -0.05) is 6.42 Å². The van der Waals surface area contributed by atoms with Crippen molar-refractivity contribution in [3.8, 4) is 0 Å². The quantitative estimate of drug-likeness (QED) is 0.722. The summed E-state index contributed by atoms with van der Waals surface area (Å²) in [6.07, 6.45) is 5.83. The molecule has 1 N–H and O–H groups in total. The second-order valence-electron chi connectivity index (χ2n) is 4.87. The Morgan fingerprint density at radius 3 is 3.08 bits per heavy atom. The fourth-order valence-corrected chi connectivity index (χ4v) is 2.83. The number of nitrogens with one attached hydrogen (secondary N) is 1. The highest BCUT2D eigenvalue weighted by Gasteiger charge is 2.46. The molecule has 2 rings (SSSR count). The van der Waals surface area contributed by atoms with Gasteiger partial charge in [-0.25, -0.2) is 0 Å². The zero-order valence-corrected chi connectivity index (χ0v) is 8.81. The minimum atomic E-state index is 0.385. The highest BCUT2D eigenvalue weighted by Crippen LogP contribution is 2.44. The normalized spacial score (nSPS) is 38.5. The predicted octanol–water partition coefficient (Wildman–Crippen LogP) is 1.94. The summed E-state index contributed by atoms with van der Waals surface area (Å²) in [5, 5.41) is 3.60. The van der Waals surface area contributed by atoms with Crippen molar-refractivity contribution in [1.82, 2.24) is 5.32 Å². The van der Waals surface area contributed by atoms with Gasteiger partial charge in [0.25, 0.3) is 0 Å². The molecule has 2 aliphatic rings. The monoisotopic (exact) mass is 183 g/mol. The molecule has 1 aliphatic heterocycles. The van der Waals surface area contributed by atoms with E-state index in [0.29, 0.717) is 11.5 Å². The summed E-state index contributed by atoms with van der Waals surface area (Å²) in [4.78, 5) is 0. The highest BCUT2D eigenvalue weighted by atomic mass is 16.5. The first-order chi connectivity index (χ1) is 6.23. The van der Waals surface area contributed by atoms with Crippen LogP contribution in [0.15, 0.2) is 0 Å². The molecule has 2 atom stereocenters. The molecule has 1 saturated heterocycles. The van der Waals surface area contributed by atoms with E-state index in [1.807, 2.05) is 0 Å². The Balaban J connectivity index is 1.93. The van der Waals surface area contributed by atoms with Crippen molar-refractivity contribution in [1.29, 1.82) is 0 Å². The Bertz CT molecular complexity index is 169. The van der Waals surface area contributed by atoms with Crippen LogP contribution in [0.3, 0.4) is 0 Å². The maximum Gasteiger partial charge on any atom is 0.0541 e. The molecule has 0 aromatic rings. The van der Waals surface area contributed by atoms with E-state index in [9.17, 15) is 0 Å². The molecule has 1 aliphatic carbocycles. The number of fused-ring (bicyclic) bond motifs is 1. The van der Waals surface area contributed by atoms with Gasteiger partial charge < -0.3 is 10.1 Å². The Morgan fingerprint density at radius 2 is 2.31 bits per heavy atom. The average Bonchev–Trinajstić information content (AvgIpc) is 2.57. The van der Waals surface area contributed by atoms with E-state index in [1.54, 1.807) is 0 Å². The molecular weight excluding hydrogens is 162 g/mol. The SMILES string of the molecule is CC(C)OCC12CCCC1NCC2. The number of rotatable bonds is 3. The molecule has 2 fully saturated rings. The van der Waals surface area contributed by atoms with Gasteiger partial charge in [-0.3, -0.25) is 0 Å². The molecule has 1 saturated carbocycles. The average molecular weight is 183 g/mol. The minimum Gasteiger partial charge on any atom is -0.378 e. The topological polar surface area (TPSA) is 21.3 Å². The van der Waals surface area contributed by atoms with Crippen LogP contribution in [0.2, 0.25) is 0 Å². The summed E-state index contributed by atoms with van der Waals surface area (Å²) in [5.41, 5.74) is 0.504. The van der Waals surface area contributed by atoms with Crippen LogP contribution in [0.4, 0.5) is 0 Å². The molecule has 0 spiro atoms. The standard InChI is InChI=1S/C11H21NO/c1-9(2)13-8-11-5-3-4-10(11)12-7-6-11/h9-10,12H,3-8H2,1-2H3. The first-order valence-electron chi connectivity index (χ1n) is 5.58. The fraction of sp³-hybridized carbons (Fsp3) is 1.00. The summed E-state index contributed by atoms with van der Waals surface area (Å²) >= 11 is 0. The van der Waals surface area contributed by atoms with E-state index in [4.69, 9.17) is 4.74 Å². The maximum absolute atomic E-state index is 5.79. The largest absolute Gasteiger partial charge is 0.378 e. The Hall–Kier alpha value is -0.0800. The van der Waals surface area contributed by atoms with Crippen molar-refractivity contribution < 1.29 is 4.74 Å². The van der Waals surface area contributed by atoms with Gasteiger partial charge in [-0.05, 0) is 39.7 Å². The van der Waals surface area contributed by atoms with Gasteiger partial charge in [-0.15, -0.1) is 0 Å². The van der Waals surface area contributed by atoms with E-state index in [2.05, 4.69) is 19.2 Å². The first kappa shape index (κ1) is 9.47. The molecule has 0 bridgehead atoms. The van der Waals surface area contributed by atoms with E-state index < -0.39 is 0 Å². The lowest BCUT2D eigenvalue weighted by atomic mass is 9.83. The molecule has 2 nitrogen and oxygen atoms in total. The summed E-state index contributed by atoms with van der Waals surface area (Å²) in [6.45, 7) is 6.43. The van der Waals surface area contributed by atoms with Crippen LogP contribution in [0.1, 0.15) is 39.5 Å². The summed E-state index contributed by atoms with van der Waals surface area (Å²) < 4.78 is 5.79. The van der Waals surface area contributed by atoms with E-state index in [-0.39, 0.29) is 0 Å². The van der Waals surface area contributed by atoms with Crippen LogP contribution in [0.5, 0.6) is 0 Å². The summed E-state index contributed by atoms with van der Waals surface area (Å²) in [7, 11) is 0. The molecule has 0 amide bonds. The number of hydrogen-bond donors (Lipinski definition) is 1. The minimum absolute atomic E-state index is 0.385. The van der Waals surface area contributed by atoms with Crippen molar-refractivity contribution >= 4 is 0 Å². The van der Waals surface area contributed by atoms with Gasteiger partial charge in [0.1, 0.15) is 0 Å². The molecule has 2 heteroatoms. The van der Waals surface area contributed by atoms with Gasteiger partial charge in [0.2, 0.25) is 0 Å². The lowest BCUT2D eigenvalue weighted by molar-refractivity contribution is 0.00828. The van der Waals surface area contributed by atoms with Crippen molar-refractivity contribution in [2.45, 2.75) is 51.7 Å². The second-order valence-corrected chi connectivity index (χ2v) is 4.87. The molecule has 76 valence electrons. The van der Waals surface area contributed by atoms with E-state index in [0.717, 1.165) is 12.6 Å². The smallest absolute Gasteiger partial charge is 0.0541 e. The summed E-state index contributed by atoms with van der Waals surface area (Å²) in [6, 6.07) is 0.756. The van der Waals surface area contributed by atoms with Gasteiger partial charge in [-0.2, -0.15) is 0 Å². The van der Waals surface area contributed by atoms with Crippen molar-refractivity contribution in [3.05, 3.63) is 0 Å². The molecule has 0 aromatic carbocycles. The van der Waals surface area contributed by atoms with Crippen LogP contribution in [-0.2, 0) is 4.74 Å². The Kier molecular flexibility index (Phi) is 2.61. The van der Waals surface area contributed by atoms with Gasteiger partial charge in [0, 0.05) is 11.5 Å². The van der Waals surface area contributed by atoms with Crippen molar-refractivity contribution in [2.75, 3.05) is 13.2 Å². The van der Waals surface area contributed by atoms with Gasteiger partial charge >= 0.3 is 0 Å². The predicted molar refractivity (Wildman–Crippen MR) is 53.8 cm³/mol. The van der Waals surface area contributed by atoms with Crippen LogP contribution < -0.4 is 5.32 Å². The van der Waals surface area contributed by atoms with Crippen molar-refractivity contribution in [3.63, 3.8) is 0 Å². The van der Waals surface area contributed by atoms with Crippen LogP contribution in [-0.4, -0.2) is 25.3 Å². The lowest BCUT2D eigenvalue weighted by Crippen LogP contribution is -2.36. The van der Waals surface area contributed by atoms with Crippen LogP contribution >= 0.6 is 0 Å². The number of hydrogen-bond acceptors (Lipinski definition) is 2. The first-order valence-corrected chi connectivity index (χ1v) is 5.58. The molecule has 0 radical (unpaired) electrons. The van der Waals surface area contributed by atoms with Gasteiger partial charge in [0.05, 0.1) is 12.7 Å². The maximum atomic E-state index is 5.79. The van der Waals surface area contributed by atoms with E-state index in [1.165, 1.54) is 32.2 Å². The van der Waals surface area contributed by atoms with Crippen molar-refractivity contribution in [2.24, 2.45) is 5.41 Å².